The third-order valence-corrected chi connectivity index (χ3v) is 3.93. The molecule has 1 N–H and O–H groups in total. The molecule has 0 aromatic heterocycles. The summed E-state index contributed by atoms with van der Waals surface area (Å²) in [6.45, 7) is 3.46. The number of nitrogens with zero attached hydrogens (tertiary/aromatic N) is 1. The van der Waals surface area contributed by atoms with Crippen LogP contribution in [0.3, 0.4) is 0 Å². The molecule has 3 unspecified atom stereocenters. The van der Waals surface area contributed by atoms with E-state index in [0.717, 1.165) is 25.7 Å². The van der Waals surface area contributed by atoms with Gasteiger partial charge in [-0.05, 0) is 19.8 Å². The van der Waals surface area contributed by atoms with Crippen molar-refractivity contribution >= 4 is 5.78 Å². The summed E-state index contributed by atoms with van der Waals surface area (Å²) >= 11 is 0. The van der Waals surface area contributed by atoms with E-state index in [0.29, 0.717) is 18.9 Å². The summed E-state index contributed by atoms with van der Waals surface area (Å²) in [7, 11) is 0. The van der Waals surface area contributed by atoms with Crippen LogP contribution in [0.4, 0.5) is 0 Å². The van der Waals surface area contributed by atoms with Crippen LogP contribution < -0.4 is 0 Å². The molecule has 1 saturated heterocycles. The van der Waals surface area contributed by atoms with Gasteiger partial charge in [-0.15, -0.1) is 0 Å². The summed E-state index contributed by atoms with van der Waals surface area (Å²) in [5.41, 5.74) is 0. The Morgan fingerprint density at radius 1 is 1.41 bits per heavy atom. The Morgan fingerprint density at radius 3 is 3.00 bits per heavy atom. The van der Waals surface area contributed by atoms with Crippen LogP contribution in [0.1, 0.15) is 39.0 Å². The van der Waals surface area contributed by atoms with Gasteiger partial charge in [0, 0.05) is 19.0 Å². The fraction of sp³-hybridized carbons (Fsp3) is 0.923. The molecule has 0 radical (unpaired) electrons. The second-order valence-electron chi connectivity index (χ2n) is 5.27. The first-order valence-electron chi connectivity index (χ1n) is 6.73. The van der Waals surface area contributed by atoms with Crippen LogP contribution in [0, 0.1) is 0 Å². The van der Waals surface area contributed by atoms with Gasteiger partial charge >= 0.3 is 0 Å². The smallest absolute Gasteiger partial charge is 0.149 e. The molecule has 1 saturated carbocycles. The third kappa shape index (κ3) is 3.06. The number of morpholine rings is 1. The van der Waals surface area contributed by atoms with Crippen molar-refractivity contribution in [1.29, 1.82) is 0 Å². The van der Waals surface area contributed by atoms with Crippen molar-refractivity contribution in [3.05, 3.63) is 0 Å². The molecule has 1 aliphatic carbocycles. The highest BCUT2D eigenvalue weighted by molar-refractivity contribution is 5.84. The highest BCUT2D eigenvalue weighted by Gasteiger charge is 2.34. The van der Waals surface area contributed by atoms with E-state index in [1.807, 2.05) is 0 Å². The summed E-state index contributed by atoms with van der Waals surface area (Å²) in [5.74, 6) is 0.382. The molecule has 17 heavy (non-hydrogen) atoms. The quantitative estimate of drug-likeness (QED) is 0.732. The number of carbonyl (C=O) groups is 1. The van der Waals surface area contributed by atoms with Gasteiger partial charge in [0.15, 0.2) is 0 Å². The number of rotatable bonds is 2. The van der Waals surface area contributed by atoms with Crippen molar-refractivity contribution in [2.45, 2.75) is 57.2 Å². The first-order chi connectivity index (χ1) is 8.22. The summed E-state index contributed by atoms with van der Waals surface area (Å²) < 4.78 is 5.52. The van der Waals surface area contributed by atoms with E-state index in [4.69, 9.17) is 4.74 Å². The van der Waals surface area contributed by atoms with E-state index >= 15 is 0 Å². The van der Waals surface area contributed by atoms with Crippen molar-refractivity contribution in [1.82, 2.24) is 4.90 Å². The SMILES string of the molecule is CC1COC(CO)CN1C1CCCCCC1=O. The molecule has 1 heterocycles. The monoisotopic (exact) mass is 241 g/mol. The number of hydrogen-bond acceptors (Lipinski definition) is 4. The summed E-state index contributed by atoms with van der Waals surface area (Å²) in [6, 6.07) is 0.343. The molecule has 2 aliphatic rings. The van der Waals surface area contributed by atoms with E-state index in [1.54, 1.807) is 0 Å². The molecule has 4 nitrogen and oxygen atoms in total. The Balaban J connectivity index is 2.04. The van der Waals surface area contributed by atoms with Crippen molar-refractivity contribution in [2.24, 2.45) is 0 Å². The van der Waals surface area contributed by atoms with Gasteiger partial charge in [0.25, 0.3) is 0 Å². The van der Waals surface area contributed by atoms with Gasteiger partial charge in [-0.1, -0.05) is 12.8 Å². The Hall–Kier alpha value is -0.450. The molecule has 3 atom stereocenters. The number of Topliss-reactive ketones (excluding diaryl/α,β-unsaturated/α-hetero) is 1. The van der Waals surface area contributed by atoms with Gasteiger partial charge in [-0.25, -0.2) is 0 Å². The topological polar surface area (TPSA) is 49.8 Å². The molecule has 2 fully saturated rings. The molecule has 98 valence electrons. The molecule has 1 aliphatic heterocycles. The molecule has 0 amide bonds. The van der Waals surface area contributed by atoms with Crippen LogP contribution in [0.15, 0.2) is 0 Å². The molecule has 4 heteroatoms. The van der Waals surface area contributed by atoms with Crippen LogP contribution in [0.5, 0.6) is 0 Å². The molecular formula is C13H23NO3. The number of carbonyl (C=O) groups excluding carboxylic acids is 1. The van der Waals surface area contributed by atoms with Gasteiger partial charge in [-0.2, -0.15) is 0 Å². The van der Waals surface area contributed by atoms with Crippen molar-refractivity contribution in [3.8, 4) is 0 Å². The van der Waals surface area contributed by atoms with Gasteiger partial charge in [0.05, 0.1) is 25.4 Å². The number of hydrogen-bond donors (Lipinski definition) is 1. The molecular weight excluding hydrogens is 218 g/mol. The van der Waals surface area contributed by atoms with E-state index in [1.165, 1.54) is 6.42 Å². The molecule has 0 aromatic rings. The van der Waals surface area contributed by atoms with E-state index < -0.39 is 0 Å². The maximum Gasteiger partial charge on any atom is 0.149 e. The Kier molecular flexibility index (Phi) is 4.54. The molecule has 0 bridgehead atoms. The average molecular weight is 241 g/mol. The Labute approximate surface area is 103 Å². The second kappa shape index (κ2) is 5.94. The van der Waals surface area contributed by atoms with Crippen molar-refractivity contribution < 1.29 is 14.6 Å². The van der Waals surface area contributed by atoms with Crippen molar-refractivity contribution in [3.63, 3.8) is 0 Å². The lowest BCUT2D eigenvalue weighted by Gasteiger charge is -2.41. The lowest BCUT2D eigenvalue weighted by atomic mass is 10.0. The zero-order valence-electron chi connectivity index (χ0n) is 10.6. The highest BCUT2D eigenvalue weighted by atomic mass is 16.5. The fourth-order valence-corrected chi connectivity index (χ4v) is 2.88. The number of ketones is 1. The molecule has 2 rings (SSSR count). The predicted octanol–water partition coefficient (Wildman–Crippen LogP) is 0.970. The van der Waals surface area contributed by atoms with E-state index in [9.17, 15) is 9.90 Å². The third-order valence-electron chi connectivity index (χ3n) is 3.93. The van der Waals surface area contributed by atoms with Gasteiger partial charge in [0.1, 0.15) is 5.78 Å². The Morgan fingerprint density at radius 2 is 2.24 bits per heavy atom. The first-order valence-corrected chi connectivity index (χ1v) is 6.73. The van der Waals surface area contributed by atoms with E-state index in [2.05, 4.69) is 11.8 Å². The van der Waals surface area contributed by atoms with Gasteiger partial charge in [-0.3, -0.25) is 9.69 Å². The van der Waals surface area contributed by atoms with Crippen molar-refractivity contribution in [2.75, 3.05) is 19.8 Å². The zero-order chi connectivity index (χ0) is 12.3. The predicted molar refractivity (Wildman–Crippen MR) is 64.9 cm³/mol. The van der Waals surface area contributed by atoms with Crippen LogP contribution in [0.25, 0.3) is 0 Å². The minimum Gasteiger partial charge on any atom is -0.394 e. The van der Waals surface area contributed by atoms with Crippen LogP contribution in [0.2, 0.25) is 0 Å². The minimum atomic E-state index is -0.123. The highest BCUT2D eigenvalue weighted by Crippen LogP contribution is 2.23. The fourth-order valence-electron chi connectivity index (χ4n) is 2.88. The van der Waals surface area contributed by atoms with E-state index in [-0.39, 0.29) is 24.8 Å². The van der Waals surface area contributed by atoms with Gasteiger partial charge in [0.2, 0.25) is 0 Å². The summed E-state index contributed by atoms with van der Waals surface area (Å²) in [5, 5.41) is 9.18. The first kappa shape index (κ1) is 13.0. The normalized spacial score (nSPS) is 36.8. The maximum atomic E-state index is 12.1. The standard InChI is InChI=1S/C13H23NO3/c1-10-9-17-11(8-15)7-14(10)12-5-3-2-4-6-13(12)16/h10-12,15H,2-9H2,1H3. The second-order valence-corrected chi connectivity index (χ2v) is 5.27. The summed E-state index contributed by atoms with van der Waals surface area (Å²) in [4.78, 5) is 14.4. The van der Waals surface area contributed by atoms with Crippen LogP contribution >= 0.6 is 0 Å². The number of aliphatic hydroxyl groups is 1. The lowest BCUT2D eigenvalue weighted by Crippen LogP contribution is -2.55. The number of aliphatic hydroxyl groups excluding tert-OH is 1. The van der Waals surface area contributed by atoms with Crippen LogP contribution in [-0.4, -0.2) is 53.7 Å². The Bertz CT molecular complexity index is 269. The minimum absolute atomic E-state index is 0.0458. The number of ether oxygens (including phenoxy) is 1. The summed E-state index contributed by atoms with van der Waals surface area (Å²) in [6.07, 6.45) is 4.92. The van der Waals surface area contributed by atoms with Gasteiger partial charge < -0.3 is 9.84 Å². The molecule has 0 aromatic carbocycles. The zero-order valence-corrected chi connectivity index (χ0v) is 10.6. The maximum absolute atomic E-state index is 12.1. The average Bonchev–Trinajstić information content (AvgIpc) is 2.55. The molecule has 0 spiro atoms. The largest absolute Gasteiger partial charge is 0.394 e. The lowest BCUT2D eigenvalue weighted by molar-refractivity contribution is -0.133. The van der Waals surface area contributed by atoms with Crippen LogP contribution in [-0.2, 0) is 9.53 Å².